The third-order valence-electron chi connectivity index (χ3n) is 12.5. The maximum Gasteiger partial charge on any atom is 0.416 e. The Hall–Kier alpha value is -3.28. The van der Waals surface area contributed by atoms with Gasteiger partial charge >= 0.3 is 6.18 Å². The van der Waals surface area contributed by atoms with Crippen molar-refractivity contribution in [1.82, 2.24) is 4.98 Å². The SMILES string of the molecule is C=C[C@H]1C[N@+]2(Cc3cc(Br)c(O[Si](C)(C)C(C)(C)C)c(-c4ccccc4)c3)CC[C@H]1C[C@@H]2[C@@H](O)c1cc(-c2ccc(C(F)(F)F)cc2)nc2ccccc12.[Br-]. The van der Waals surface area contributed by atoms with Crippen LogP contribution in [0.4, 0.5) is 13.2 Å². The van der Waals surface area contributed by atoms with Gasteiger partial charge in [0.05, 0.1) is 34.3 Å². The molecule has 4 aromatic carbocycles. The number of para-hydroxylation sites is 1. The highest BCUT2D eigenvalue weighted by molar-refractivity contribution is 9.10. The maximum atomic E-state index is 13.4. The van der Waals surface area contributed by atoms with Gasteiger partial charge in [-0.1, -0.05) is 87.5 Å². The molecule has 1 aromatic heterocycles. The highest BCUT2D eigenvalue weighted by Gasteiger charge is 2.54. The summed E-state index contributed by atoms with van der Waals surface area (Å²) >= 11 is 3.96. The van der Waals surface area contributed by atoms with Crippen LogP contribution in [0.5, 0.6) is 5.75 Å². The van der Waals surface area contributed by atoms with E-state index in [1.54, 1.807) is 0 Å². The van der Waals surface area contributed by atoms with Crippen molar-refractivity contribution >= 4 is 35.2 Å². The van der Waals surface area contributed by atoms with Crippen LogP contribution in [-0.2, 0) is 12.7 Å². The summed E-state index contributed by atoms with van der Waals surface area (Å²) in [6.45, 7) is 18.0. The lowest BCUT2D eigenvalue weighted by atomic mass is 9.71. The number of aromatic nitrogens is 1. The molecule has 3 saturated heterocycles. The number of nitrogens with zero attached hydrogens (tertiary/aromatic N) is 2. The Balaban J connectivity index is 0.00000514. The molecule has 8 rings (SSSR count). The van der Waals surface area contributed by atoms with E-state index in [1.165, 1.54) is 12.1 Å². The first-order valence-corrected chi connectivity index (χ1v) is 22.5. The first-order chi connectivity index (χ1) is 25.5. The van der Waals surface area contributed by atoms with Crippen molar-refractivity contribution < 1.29 is 44.2 Å². The predicted octanol–water partition coefficient (Wildman–Crippen LogP) is 9.38. The smallest absolute Gasteiger partial charge is 0.416 e. The Morgan fingerprint density at radius 3 is 2.29 bits per heavy atom. The summed E-state index contributed by atoms with van der Waals surface area (Å²) in [5.74, 6) is 1.61. The van der Waals surface area contributed by atoms with Gasteiger partial charge in [0.25, 0.3) is 8.32 Å². The topological polar surface area (TPSA) is 42.4 Å². The van der Waals surface area contributed by atoms with E-state index in [0.29, 0.717) is 39.6 Å². The van der Waals surface area contributed by atoms with Gasteiger partial charge in [0.2, 0.25) is 0 Å². The molecule has 3 aliphatic rings. The summed E-state index contributed by atoms with van der Waals surface area (Å²) in [5, 5.41) is 13.5. The molecule has 10 heteroatoms. The number of hydrogen-bond donors (Lipinski definition) is 1. The largest absolute Gasteiger partial charge is 1.00 e. The van der Waals surface area contributed by atoms with E-state index >= 15 is 0 Å². The van der Waals surface area contributed by atoms with E-state index in [0.717, 1.165) is 75.9 Å². The molecule has 0 radical (unpaired) electrons. The van der Waals surface area contributed by atoms with Crippen LogP contribution in [-0.4, -0.2) is 42.0 Å². The van der Waals surface area contributed by atoms with Gasteiger partial charge in [-0.05, 0) is 87.5 Å². The normalized spacial score (nSPS) is 21.9. The van der Waals surface area contributed by atoms with Gasteiger partial charge in [-0.25, -0.2) is 4.98 Å². The van der Waals surface area contributed by atoms with E-state index in [2.05, 4.69) is 98.8 Å². The lowest BCUT2D eigenvalue weighted by molar-refractivity contribution is -0.984. The van der Waals surface area contributed by atoms with Crippen LogP contribution in [0.1, 0.15) is 56.4 Å². The molecule has 0 saturated carbocycles. The average molecular weight is 895 g/mol. The molecule has 5 aromatic rings. The molecule has 290 valence electrons. The number of quaternary nitrogens is 1. The molecule has 0 amide bonds. The summed E-state index contributed by atoms with van der Waals surface area (Å²) in [5.41, 5.74) is 5.16. The third-order valence-corrected chi connectivity index (χ3v) is 17.4. The van der Waals surface area contributed by atoms with Crippen molar-refractivity contribution in [3.8, 4) is 28.1 Å². The van der Waals surface area contributed by atoms with Crippen LogP contribution < -0.4 is 21.4 Å². The number of alkyl halides is 3. The van der Waals surface area contributed by atoms with Crippen LogP contribution >= 0.6 is 15.9 Å². The van der Waals surface area contributed by atoms with Crippen LogP contribution in [0, 0.1) is 11.8 Å². The van der Waals surface area contributed by atoms with Crippen molar-refractivity contribution in [3.63, 3.8) is 0 Å². The number of rotatable bonds is 9. The molecular weight excluding hydrogens is 845 g/mol. The summed E-state index contributed by atoms with van der Waals surface area (Å²) in [6.07, 6.45) is -1.28. The predicted molar refractivity (Wildman–Crippen MR) is 218 cm³/mol. The summed E-state index contributed by atoms with van der Waals surface area (Å²) in [7, 11) is -2.19. The van der Waals surface area contributed by atoms with Gasteiger partial charge in [-0.15, -0.1) is 6.58 Å². The number of aliphatic hydroxyl groups is 1. The third kappa shape index (κ3) is 8.12. The first-order valence-electron chi connectivity index (χ1n) is 18.8. The molecule has 2 bridgehead atoms. The quantitative estimate of drug-likeness (QED) is 0.0912. The monoisotopic (exact) mass is 892 g/mol. The van der Waals surface area contributed by atoms with E-state index in [-0.39, 0.29) is 28.1 Å². The van der Waals surface area contributed by atoms with Crippen LogP contribution in [0.3, 0.4) is 0 Å². The van der Waals surface area contributed by atoms with Crippen LogP contribution in [0.15, 0.2) is 114 Å². The maximum absolute atomic E-state index is 13.4. The lowest BCUT2D eigenvalue weighted by Crippen LogP contribution is -3.00. The molecule has 3 fully saturated rings. The van der Waals surface area contributed by atoms with Crippen LogP contribution in [0.2, 0.25) is 18.1 Å². The van der Waals surface area contributed by atoms with Crippen molar-refractivity contribution in [2.75, 3.05) is 13.1 Å². The number of benzene rings is 4. The molecule has 5 atom stereocenters. The highest BCUT2D eigenvalue weighted by Crippen LogP contribution is 2.50. The van der Waals surface area contributed by atoms with Crippen molar-refractivity contribution in [1.29, 1.82) is 0 Å². The Morgan fingerprint density at radius 2 is 1.64 bits per heavy atom. The van der Waals surface area contributed by atoms with Gasteiger partial charge < -0.3 is 31.0 Å². The zero-order chi connectivity index (χ0) is 38.6. The average Bonchev–Trinajstić information content (AvgIpc) is 3.14. The molecule has 0 aliphatic carbocycles. The Labute approximate surface area is 343 Å². The van der Waals surface area contributed by atoms with E-state index in [9.17, 15) is 18.3 Å². The molecule has 55 heavy (non-hydrogen) atoms. The van der Waals surface area contributed by atoms with Gasteiger partial charge in [0, 0.05) is 40.8 Å². The Bertz CT molecular complexity index is 2170. The number of hydrogen-bond acceptors (Lipinski definition) is 3. The second-order valence-corrected chi connectivity index (χ2v) is 22.4. The standard InChI is InChI=1S/C45H49BrF3N2O2Si.BrH/c1-7-30-28-51(27-29-23-36(31-13-9-8-10-14-31)43(38(46)24-29)53-54(5,6)44(2,3)4)22-21-33(30)25-41(51)42(52)37-26-40(50-39-16-12-11-15-35(37)39)32-17-19-34(20-18-32)45(47,48)49;/h7-20,23-24,26,30,33,41-42,52H,1,21-22,25,27-28H2,2-6H3;1H/q+1;/p-1/t30-,33-,41+,42-,51+;/m0./s1. The summed E-state index contributed by atoms with van der Waals surface area (Å²) < 4.78 is 48.9. The Morgan fingerprint density at radius 1 is 0.964 bits per heavy atom. The number of fused-ring (bicyclic) bond motifs is 4. The van der Waals surface area contributed by atoms with Crippen LogP contribution in [0.25, 0.3) is 33.3 Å². The van der Waals surface area contributed by atoms with Gasteiger partial charge in [-0.3, -0.25) is 0 Å². The minimum Gasteiger partial charge on any atom is -1.00 e. The van der Waals surface area contributed by atoms with E-state index in [1.807, 2.05) is 36.4 Å². The zero-order valence-corrected chi connectivity index (χ0v) is 36.2. The molecule has 1 N–H and O–H groups in total. The van der Waals surface area contributed by atoms with Crippen molar-refractivity contribution in [2.24, 2.45) is 11.8 Å². The number of aliphatic hydroxyl groups excluding tert-OH is 1. The van der Waals surface area contributed by atoms with Gasteiger partial charge in [0.1, 0.15) is 24.4 Å². The second kappa shape index (κ2) is 15.6. The van der Waals surface area contributed by atoms with E-state index in [4.69, 9.17) is 9.41 Å². The fourth-order valence-electron chi connectivity index (χ4n) is 8.46. The minimum absolute atomic E-state index is 0. The molecule has 0 unspecified atom stereocenters. The number of halogens is 5. The minimum atomic E-state index is -4.43. The second-order valence-electron chi connectivity index (χ2n) is 16.9. The van der Waals surface area contributed by atoms with Gasteiger partial charge in [0.15, 0.2) is 0 Å². The van der Waals surface area contributed by atoms with E-state index < -0.39 is 26.2 Å². The summed E-state index contributed by atoms with van der Waals surface area (Å²) in [4.78, 5) is 4.86. The molecule has 4 nitrogen and oxygen atoms in total. The molecule has 3 aliphatic heterocycles. The molecule has 0 spiro atoms. The first kappa shape index (κ1) is 41.4. The highest BCUT2D eigenvalue weighted by atomic mass is 79.9. The zero-order valence-electron chi connectivity index (χ0n) is 32.0. The molecule has 4 heterocycles. The van der Waals surface area contributed by atoms with Gasteiger partial charge in [-0.2, -0.15) is 13.2 Å². The molecular formula is C45H49Br2F3N2O2Si. The van der Waals surface area contributed by atoms with Crippen molar-refractivity contribution in [3.05, 3.63) is 131 Å². The number of pyridine rings is 1. The fourth-order valence-corrected chi connectivity index (χ4v) is 10.2. The lowest BCUT2D eigenvalue weighted by Gasteiger charge is -2.58. The fraction of sp³-hybridized carbons (Fsp3) is 0.356. The van der Waals surface area contributed by atoms with Crippen molar-refractivity contribution in [2.45, 2.75) is 76.6 Å². The summed E-state index contributed by atoms with van der Waals surface area (Å²) in [6, 6.07) is 29.5. The Kier molecular flexibility index (Phi) is 11.7. The number of piperidine rings is 3.